The smallest absolute Gasteiger partial charge is 0.255 e. The molecule has 6 nitrogen and oxygen atoms in total. The Balaban J connectivity index is 1.81. The Morgan fingerprint density at radius 3 is 2.69 bits per heavy atom. The van der Waals surface area contributed by atoms with Gasteiger partial charge in [-0.15, -0.1) is 0 Å². The maximum atomic E-state index is 12.8. The van der Waals surface area contributed by atoms with E-state index in [2.05, 4.69) is 38.5 Å². The molecular weight excluding hydrogens is 432 g/mol. The fraction of sp³-hybridized carbons (Fsp3) is 0.273. The van der Waals surface area contributed by atoms with E-state index in [4.69, 9.17) is 5.73 Å². The number of fused-ring (bicyclic) bond motifs is 1. The first-order chi connectivity index (χ1) is 13.9. The van der Waals surface area contributed by atoms with E-state index in [1.54, 1.807) is 12.3 Å². The molecule has 0 fully saturated rings. The Kier molecular flexibility index (Phi) is 6.84. The quantitative estimate of drug-likeness (QED) is 0.433. The van der Waals surface area contributed by atoms with Gasteiger partial charge in [-0.3, -0.25) is 4.79 Å². The standard InChI is InChI=1S/C22H25BrN4O2/c1-3-13-5-6-15(12-18(13)23)19(25-4-2)20(28)22(29)27-16-7-8-17-14(11-16)9-10-26-21(17)24/h5-12,19-20,25,28H,3-4H2,1-2H3,(H2,24,26)(H,27,29). The van der Waals surface area contributed by atoms with Gasteiger partial charge >= 0.3 is 0 Å². The van der Waals surface area contributed by atoms with Crippen LogP contribution in [-0.2, 0) is 11.2 Å². The van der Waals surface area contributed by atoms with Crippen LogP contribution in [0.15, 0.2) is 53.1 Å². The summed E-state index contributed by atoms with van der Waals surface area (Å²) >= 11 is 3.57. The molecule has 0 saturated heterocycles. The summed E-state index contributed by atoms with van der Waals surface area (Å²) in [4.78, 5) is 16.8. The van der Waals surface area contributed by atoms with Gasteiger partial charge in [0.05, 0.1) is 6.04 Å². The zero-order valence-electron chi connectivity index (χ0n) is 16.4. The number of anilines is 2. The third kappa shape index (κ3) is 4.75. The van der Waals surface area contributed by atoms with Gasteiger partial charge in [0.15, 0.2) is 6.10 Å². The molecule has 0 aliphatic carbocycles. The number of nitrogen functional groups attached to an aromatic ring is 1. The van der Waals surface area contributed by atoms with Crippen LogP contribution in [-0.4, -0.2) is 28.6 Å². The molecule has 0 radical (unpaired) electrons. The number of likely N-dealkylation sites (N-methyl/N-ethyl adjacent to an activating group) is 1. The predicted octanol–water partition coefficient (Wildman–Crippen LogP) is 3.79. The predicted molar refractivity (Wildman–Crippen MR) is 121 cm³/mol. The number of hydrogen-bond donors (Lipinski definition) is 4. The number of carbonyl (C=O) groups is 1. The summed E-state index contributed by atoms with van der Waals surface area (Å²) in [5, 5.41) is 18.5. The van der Waals surface area contributed by atoms with E-state index in [1.165, 1.54) is 5.56 Å². The van der Waals surface area contributed by atoms with Gasteiger partial charge < -0.3 is 21.5 Å². The van der Waals surface area contributed by atoms with E-state index in [0.29, 0.717) is 18.1 Å². The van der Waals surface area contributed by atoms with Crippen LogP contribution < -0.4 is 16.4 Å². The number of pyridine rings is 1. The average molecular weight is 457 g/mol. The molecule has 0 spiro atoms. The zero-order chi connectivity index (χ0) is 21.0. The molecule has 1 amide bonds. The van der Waals surface area contributed by atoms with Crippen molar-refractivity contribution in [1.82, 2.24) is 10.3 Å². The lowest BCUT2D eigenvalue weighted by Gasteiger charge is -2.24. The molecule has 3 rings (SSSR count). The number of halogens is 1. The molecule has 0 aliphatic rings. The highest BCUT2D eigenvalue weighted by molar-refractivity contribution is 9.10. The van der Waals surface area contributed by atoms with Crippen LogP contribution in [0.3, 0.4) is 0 Å². The van der Waals surface area contributed by atoms with Crippen molar-refractivity contribution in [3.63, 3.8) is 0 Å². The van der Waals surface area contributed by atoms with Gasteiger partial charge in [-0.05, 0) is 59.8 Å². The first-order valence-corrected chi connectivity index (χ1v) is 10.4. The van der Waals surface area contributed by atoms with Crippen LogP contribution >= 0.6 is 15.9 Å². The summed E-state index contributed by atoms with van der Waals surface area (Å²) in [5.74, 6) is -0.0401. The summed E-state index contributed by atoms with van der Waals surface area (Å²) < 4.78 is 0.966. The average Bonchev–Trinajstić information content (AvgIpc) is 2.71. The summed E-state index contributed by atoms with van der Waals surface area (Å²) in [6.45, 7) is 4.64. The summed E-state index contributed by atoms with van der Waals surface area (Å²) in [6.07, 6.45) is 1.27. The highest BCUT2D eigenvalue weighted by atomic mass is 79.9. The molecule has 1 heterocycles. The Bertz CT molecular complexity index is 1020. The number of aromatic nitrogens is 1. The third-order valence-electron chi connectivity index (χ3n) is 4.89. The number of aliphatic hydroxyl groups is 1. The number of nitrogens with two attached hydrogens (primary N) is 1. The minimum absolute atomic E-state index is 0.439. The number of amides is 1. The zero-order valence-corrected chi connectivity index (χ0v) is 18.0. The maximum Gasteiger partial charge on any atom is 0.255 e. The fourth-order valence-corrected chi connectivity index (χ4v) is 4.00. The van der Waals surface area contributed by atoms with Crippen molar-refractivity contribution in [2.75, 3.05) is 17.6 Å². The number of aryl methyl sites for hydroxylation is 1. The van der Waals surface area contributed by atoms with Gasteiger partial charge in [-0.1, -0.05) is 41.9 Å². The van der Waals surface area contributed by atoms with Crippen molar-refractivity contribution in [2.45, 2.75) is 32.4 Å². The minimum Gasteiger partial charge on any atom is -0.383 e. The third-order valence-corrected chi connectivity index (χ3v) is 5.63. The van der Waals surface area contributed by atoms with Crippen molar-refractivity contribution in [3.8, 4) is 0 Å². The minimum atomic E-state index is -1.26. The lowest BCUT2D eigenvalue weighted by atomic mass is 9.98. The number of aliphatic hydroxyl groups excluding tert-OH is 1. The van der Waals surface area contributed by atoms with E-state index in [9.17, 15) is 9.90 Å². The Morgan fingerprint density at radius 2 is 2.00 bits per heavy atom. The molecule has 2 atom stereocenters. The molecule has 5 N–H and O–H groups in total. The highest BCUT2D eigenvalue weighted by Crippen LogP contribution is 2.26. The Labute approximate surface area is 178 Å². The monoisotopic (exact) mass is 456 g/mol. The lowest BCUT2D eigenvalue weighted by molar-refractivity contribution is -0.125. The van der Waals surface area contributed by atoms with Gasteiger partial charge in [-0.2, -0.15) is 0 Å². The molecule has 152 valence electrons. The van der Waals surface area contributed by atoms with E-state index >= 15 is 0 Å². The first-order valence-electron chi connectivity index (χ1n) is 9.59. The summed E-state index contributed by atoms with van der Waals surface area (Å²) in [7, 11) is 0. The molecule has 2 aromatic carbocycles. The van der Waals surface area contributed by atoms with E-state index < -0.39 is 18.1 Å². The topological polar surface area (TPSA) is 100 Å². The number of nitrogens with one attached hydrogen (secondary N) is 2. The van der Waals surface area contributed by atoms with Gasteiger partial charge in [-0.25, -0.2) is 4.98 Å². The van der Waals surface area contributed by atoms with Crippen molar-refractivity contribution in [2.24, 2.45) is 0 Å². The van der Waals surface area contributed by atoms with Gasteiger partial charge in [0.1, 0.15) is 5.82 Å². The van der Waals surface area contributed by atoms with Crippen LogP contribution in [0.4, 0.5) is 11.5 Å². The molecule has 0 aliphatic heterocycles. The molecule has 29 heavy (non-hydrogen) atoms. The fourth-order valence-electron chi connectivity index (χ4n) is 3.32. The van der Waals surface area contributed by atoms with Crippen molar-refractivity contribution in [1.29, 1.82) is 0 Å². The molecule has 7 heteroatoms. The normalized spacial score (nSPS) is 13.2. The number of rotatable bonds is 7. The van der Waals surface area contributed by atoms with Crippen molar-refractivity contribution < 1.29 is 9.90 Å². The largest absolute Gasteiger partial charge is 0.383 e. The number of benzene rings is 2. The van der Waals surface area contributed by atoms with E-state index in [1.807, 2.05) is 43.3 Å². The first kappa shape index (κ1) is 21.2. The maximum absolute atomic E-state index is 12.8. The Hall–Kier alpha value is -2.48. The van der Waals surface area contributed by atoms with Crippen LogP contribution in [0, 0.1) is 0 Å². The Morgan fingerprint density at radius 1 is 1.21 bits per heavy atom. The second-order valence-corrected chi connectivity index (χ2v) is 7.66. The van der Waals surface area contributed by atoms with Crippen molar-refractivity contribution in [3.05, 3.63) is 64.3 Å². The van der Waals surface area contributed by atoms with Gasteiger partial charge in [0.25, 0.3) is 5.91 Å². The van der Waals surface area contributed by atoms with Gasteiger partial charge in [0, 0.05) is 21.7 Å². The molecule has 3 aromatic rings. The molecule has 1 aromatic heterocycles. The molecular formula is C22H25BrN4O2. The second kappa shape index (κ2) is 9.35. The number of hydrogen-bond acceptors (Lipinski definition) is 5. The van der Waals surface area contributed by atoms with Crippen LogP contribution in [0.25, 0.3) is 10.8 Å². The second-order valence-electron chi connectivity index (χ2n) is 6.81. The van der Waals surface area contributed by atoms with Crippen LogP contribution in [0.1, 0.15) is 31.0 Å². The van der Waals surface area contributed by atoms with Crippen LogP contribution in [0.5, 0.6) is 0 Å². The lowest BCUT2D eigenvalue weighted by Crippen LogP contribution is -2.40. The number of nitrogens with zero attached hydrogens (tertiary/aromatic N) is 1. The van der Waals surface area contributed by atoms with Crippen molar-refractivity contribution >= 4 is 44.1 Å². The van der Waals surface area contributed by atoms with Crippen LogP contribution in [0.2, 0.25) is 0 Å². The molecule has 2 unspecified atom stereocenters. The molecule has 0 saturated carbocycles. The SMILES string of the molecule is CCNC(c1ccc(CC)c(Br)c1)C(O)C(=O)Nc1ccc2c(N)nccc2c1. The summed E-state index contributed by atoms with van der Waals surface area (Å²) in [6, 6.07) is 12.6. The van der Waals surface area contributed by atoms with Gasteiger partial charge in [0.2, 0.25) is 0 Å². The summed E-state index contributed by atoms with van der Waals surface area (Å²) in [5.41, 5.74) is 8.48. The highest BCUT2D eigenvalue weighted by Gasteiger charge is 2.27. The number of carbonyl (C=O) groups excluding carboxylic acids is 1. The molecule has 0 bridgehead atoms. The van der Waals surface area contributed by atoms with E-state index in [0.717, 1.165) is 27.2 Å². The van der Waals surface area contributed by atoms with E-state index in [-0.39, 0.29) is 0 Å².